The van der Waals surface area contributed by atoms with E-state index in [1.54, 1.807) is 24.4 Å². The van der Waals surface area contributed by atoms with Gasteiger partial charge in [-0.25, -0.2) is 4.79 Å². The van der Waals surface area contributed by atoms with Gasteiger partial charge in [0, 0.05) is 11.6 Å². The van der Waals surface area contributed by atoms with E-state index >= 15 is 0 Å². The molecule has 0 aliphatic heterocycles. The number of urea groups is 1. The number of aromatic nitrogens is 1. The molecular weight excluding hydrogens is 192 g/mol. The fourth-order valence-corrected chi connectivity index (χ4v) is 1.44. The van der Waals surface area contributed by atoms with Crippen LogP contribution in [0.1, 0.15) is 0 Å². The predicted octanol–water partition coefficient (Wildman–Crippen LogP) is 1.31. The minimum atomic E-state index is -0.607. The summed E-state index contributed by atoms with van der Waals surface area (Å²) in [7, 11) is 0. The number of nitrogens with two attached hydrogens (primary N) is 2. The third-order valence-corrected chi connectivity index (χ3v) is 2.06. The van der Waals surface area contributed by atoms with Gasteiger partial charge in [-0.2, -0.15) is 0 Å². The Balaban J connectivity index is 2.66. The summed E-state index contributed by atoms with van der Waals surface area (Å²) in [6.07, 6.45) is 1.65. The molecule has 2 rings (SSSR count). The first kappa shape index (κ1) is 9.26. The summed E-state index contributed by atoms with van der Waals surface area (Å²) in [4.78, 5) is 14.9. The molecule has 0 atom stereocenters. The molecule has 15 heavy (non-hydrogen) atoms. The van der Waals surface area contributed by atoms with Crippen molar-refractivity contribution in [2.75, 3.05) is 11.1 Å². The maximum absolute atomic E-state index is 10.8. The summed E-state index contributed by atoms with van der Waals surface area (Å²) in [5.41, 5.74) is 12.6. The van der Waals surface area contributed by atoms with Gasteiger partial charge in [-0.05, 0) is 24.3 Å². The average molecular weight is 202 g/mol. The highest BCUT2D eigenvalue weighted by Crippen LogP contribution is 2.25. The van der Waals surface area contributed by atoms with Crippen LogP contribution in [0.2, 0.25) is 0 Å². The van der Waals surface area contributed by atoms with Crippen molar-refractivity contribution >= 4 is 28.3 Å². The number of carbonyl (C=O) groups excluding carboxylic acids is 1. The SMILES string of the molecule is NC(=O)Nc1ccc(N)c2ncccc12. The Morgan fingerprint density at radius 1 is 1.33 bits per heavy atom. The average Bonchev–Trinajstić information content (AvgIpc) is 2.22. The van der Waals surface area contributed by atoms with Crippen molar-refractivity contribution in [2.24, 2.45) is 5.73 Å². The van der Waals surface area contributed by atoms with Crippen molar-refractivity contribution in [3.8, 4) is 0 Å². The molecule has 5 heteroatoms. The van der Waals surface area contributed by atoms with Gasteiger partial charge in [0.1, 0.15) is 0 Å². The number of nitrogens with zero attached hydrogens (tertiary/aromatic N) is 1. The molecular formula is C10H10N4O. The number of nitrogens with one attached hydrogen (secondary N) is 1. The number of nitrogen functional groups attached to an aromatic ring is 1. The van der Waals surface area contributed by atoms with Crippen LogP contribution in [0.15, 0.2) is 30.5 Å². The zero-order chi connectivity index (χ0) is 10.8. The molecule has 0 saturated heterocycles. The molecule has 0 aliphatic rings. The summed E-state index contributed by atoms with van der Waals surface area (Å²) < 4.78 is 0. The van der Waals surface area contributed by atoms with Gasteiger partial charge in [-0.3, -0.25) is 4.98 Å². The van der Waals surface area contributed by atoms with Crippen LogP contribution >= 0.6 is 0 Å². The number of hydrogen-bond donors (Lipinski definition) is 3. The normalized spacial score (nSPS) is 10.1. The summed E-state index contributed by atoms with van der Waals surface area (Å²) in [6.45, 7) is 0. The van der Waals surface area contributed by atoms with Gasteiger partial charge in [0.2, 0.25) is 0 Å². The van der Waals surface area contributed by atoms with Crippen molar-refractivity contribution in [1.29, 1.82) is 0 Å². The first-order chi connectivity index (χ1) is 7.18. The van der Waals surface area contributed by atoms with E-state index < -0.39 is 6.03 Å². The highest BCUT2D eigenvalue weighted by Gasteiger charge is 2.05. The summed E-state index contributed by atoms with van der Waals surface area (Å²) in [5, 5.41) is 3.29. The van der Waals surface area contributed by atoms with Gasteiger partial charge < -0.3 is 16.8 Å². The second kappa shape index (κ2) is 3.45. The van der Waals surface area contributed by atoms with Gasteiger partial charge in [0.05, 0.1) is 16.9 Å². The zero-order valence-corrected chi connectivity index (χ0v) is 7.90. The first-order valence-corrected chi connectivity index (χ1v) is 4.38. The molecule has 0 spiro atoms. The smallest absolute Gasteiger partial charge is 0.316 e. The van der Waals surface area contributed by atoms with Crippen LogP contribution in [0.25, 0.3) is 10.9 Å². The van der Waals surface area contributed by atoms with E-state index in [4.69, 9.17) is 11.5 Å². The molecule has 2 amide bonds. The van der Waals surface area contributed by atoms with E-state index in [-0.39, 0.29) is 0 Å². The fraction of sp³-hybridized carbons (Fsp3) is 0. The van der Waals surface area contributed by atoms with Crippen LogP contribution in [0, 0.1) is 0 Å². The third-order valence-electron chi connectivity index (χ3n) is 2.06. The van der Waals surface area contributed by atoms with Crippen LogP contribution in [0.5, 0.6) is 0 Å². The highest BCUT2D eigenvalue weighted by atomic mass is 16.2. The lowest BCUT2D eigenvalue weighted by Crippen LogP contribution is -2.19. The van der Waals surface area contributed by atoms with Gasteiger partial charge >= 0.3 is 6.03 Å². The summed E-state index contributed by atoms with van der Waals surface area (Å²) in [6, 6.07) is 6.37. The van der Waals surface area contributed by atoms with Crippen molar-refractivity contribution in [3.05, 3.63) is 30.5 Å². The van der Waals surface area contributed by atoms with Gasteiger partial charge in [0.15, 0.2) is 0 Å². The first-order valence-electron chi connectivity index (χ1n) is 4.38. The summed E-state index contributed by atoms with van der Waals surface area (Å²) >= 11 is 0. The number of primary amides is 1. The Hall–Kier alpha value is -2.30. The molecule has 1 aromatic carbocycles. The molecule has 0 radical (unpaired) electrons. The number of fused-ring (bicyclic) bond motifs is 1. The highest BCUT2D eigenvalue weighted by molar-refractivity contribution is 6.03. The van der Waals surface area contributed by atoms with Crippen LogP contribution in [0.4, 0.5) is 16.2 Å². The number of hydrogen-bond acceptors (Lipinski definition) is 3. The largest absolute Gasteiger partial charge is 0.397 e. The lowest BCUT2D eigenvalue weighted by Gasteiger charge is -2.07. The Morgan fingerprint density at radius 3 is 2.87 bits per heavy atom. The molecule has 0 fully saturated rings. The number of benzene rings is 1. The summed E-state index contributed by atoms with van der Waals surface area (Å²) in [5.74, 6) is 0. The standard InChI is InChI=1S/C10H10N4O/c11-7-3-4-8(14-10(12)15)6-2-1-5-13-9(6)7/h1-5H,11H2,(H3,12,14,15). The molecule has 0 saturated carbocycles. The van der Waals surface area contributed by atoms with Crippen LogP contribution in [-0.4, -0.2) is 11.0 Å². The Labute approximate surface area is 86.1 Å². The van der Waals surface area contributed by atoms with Crippen LogP contribution < -0.4 is 16.8 Å². The Bertz CT molecular complexity index is 524. The molecule has 1 aromatic heterocycles. The molecule has 5 nitrogen and oxygen atoms in total. The van der Waals surface area contributed by atoms with E-state index in [1.807, 2.05) is 6.07 Å². The van der Waals surface area contributed by atoms with Crippen molar-refractivity contribution in [1.82, 2.24) is 4.98 Å². The maximum atomic E-state index is 10.8. The Kier molecular flexibility index (Phi) is 2.13. The van der Waals surface area contributed by atoms with E-state index in [9.17, 15) is 4.79 Å². The zero-order valence-electron chi connectivity index (χ0n) is 7.90. The fourth-order valence-electron chi connectivity index (χ4n) is 1.44. The second-order valence-electron chi connectivity index (χ2n) is 3.09. The quantitative estimate of drug-likeness (QED) is 0.608. The van der Waals surface area contributed by atoms with Gasteiger partial charge in [0.25, 0.3) is 0 Å². The number of carbonyl (C=O) groups is 1. The predicted molar refractivity (Wildman–Crippen MR) is 59.4 cm³/mol. The molecule has 1 heterocycles. The minimum Gasteiger partial charge on any atom is -0.397 e. The van der Waals surface area contributed by atoms with Crippen molar-refractivity contribution in [3.63, 3.8) is 0 Å². The minimum absolute atomic E-state index is 0.570. The Morgan fingerprint density at radius 2 is 2.13 bits per heavy atom. The number of pyridine rings is 1. The maximum Gasteiger partial charge on any atom is 0.316 e. The van der Waals surface area contributed by atoms with E-state index in [0.717, 1.165) is 5.39 Å². The van der Waals surface area contributed by atoms with Crippen LogP contribution in [-0.2, 0) is 0 Å². The van der Waals surface area contributed by atoms with Crippen LogP contribution in [0.3, 0.4) is 0 Å². The third kappa shape index (κ3) is 1.67. The number of anilines is 2. The molecule has 76 valence electrons. The lowest BCUT2D eigenvalue weighted by molar-refractivity contribution is 0.259. The molecule has 0 aliphatic carbocycles. The van der Waals surface area contributed by atoms with Crippen molar-refractivity contribution in [2.45, 2.75) is 0 Å². The monoisotopic (exact) mass is 202 g/mol. The van der Waals surface area contributed by atoms with E-state index in [0.29, 0.717) is 16.9 Å². The number of rotatable bonds is 1. The second-order valence-corrected chi connectivity index (χ2v) is 3.09. The molecule has 2 aromatic rings. The lowest BCUT2D eigenvalue weighted by atomic mass is 10.1. The molecule has 0 unspecified atom stereocenters. The van der Waals surface area contributed by atoms with E-state index in [2.05, 4.69) is 10.3 Å². The molecule has 0 bridgehead atoms. The molecule has 5 N–H and O–H groups in total. The van der Waals surface area contributed by atoms with Crippen molar-refractivity contribution < 1.29 is 4.79 Å². The van der Waals surface area contributed by atoms with E-state index in [1.165, 1.54) is 0 Å². The number of amides is 2. The van der Waals surface area contributed by atoms with Gasteiger partial charge in [-0.15, -0.1) is 0 Å². The topological polar surface area (TPSA) is 94.0 Å². The van der Waals surface area contributed by atoms with Gasteiger partial charge in [-0.1, -0.05) is 0 Å².